The molecule has 17 heavy (non-hydrogen) atoms. The summed E-state index contributed by atoms with van der Waals surface area (Å²) in [7, 11) is -3.19. The largest absolute Gasteiger partial charge is 0.383 e. The van der Waals surface area contributed by atoms with Crippen molar-refractivity contribution in [3.05, 3.63) is 24.3 Å². The first kappa shape index (κ1) is 14.3. The second kappa shape index (κ2) is 6.26. The van der Waals surface area contributed by atoms with Crippen molar-refractivity contribution in [2.75, 3.05) is 17.6 Å². The van der Waals surface area contributed by atoms with Crippen molar-refractivity contribution in [2.45, 2.75) is 30.5 Å². The van der Waals surface area contributed by atoms with E-state index in [1.807, 2.05) is 19.9 Å². The van der Waals surface area contributed by atoms with E-state index in [2.05, 4.69) is 5.32 Å². The Hall–Kier alpha value is -0.740. The molecule has 1 aromatic carbocycles. The normalized spacial score (nSPS) is 13.4. The van der Waals surface area contributed by atoms with Crippen LogP contribution in [0.4, 0.5) is 5.69 Å². The van der Waals surface area contributed by atoms with Crippen molar-refractivity contribution in [1.82, 2.24) is 0 Å². The number of hydrogen-bond donors (Lipinski definition) is 1. The molecule has 0 saturated heterocycles. The molecule has 0 aliphatic carbocycles. The molecule has 5 heteroatoms. The zero-order valence-electron chi connectivity index (χ0n) is 10.1. The Labute approximate surface area is 108 Å². The van der Waals surface area contributed by atoms with Crippen molar-refractivity contribution in [3.63, 3.8) is 0 Å². The van der Waals surface area contributed by atoms with Gasteiger partial charge in [-0.1, -0.05) is 19.1 Å². The van der Waals surface area contributed by atoms with E-state index < -0.39 is 9.84 Å². The topological polar surface area (TPSA) is 46.2 Å². The summed E-state index contributed by atoms with van der Waals surface area (Å²) < 4.78 is 24.0. The van der Waals surface area contributed by atoms with Gasteiger partial charge in [-0.2, -0.15) is 0 Å². The molecule has 0 bridgehead atoms. The van der Waals surface area contributed by atoms with Crippen LogP contribution >= 0.6 is 11.6 Å². The van der Waals surface area contributed by atoms with E-state index in [1.54, 1.807) is 18.2 Å². The van der Waals surface area contributed by atoms with Crippen LogP contribution in [0.15, 0.2) is 29.2 Å². The number of sulfone groups is 1. The van der Waals surface area contributed by atoms with Crippen molar-refractivity contribution in [1.29, 1.82) is 0 Å². The molecule has 1 aromatic rings. The first-order chi connectivity index (χ1) is 7.97. The smallest absolute Gasteiger partial charge is 0.180 e. The van der Waals surface area contributed by atoms with Crippen LogP contribution in [0.5, 0.6) is 0 Å². The summed E-state index contributed by atoms with van der Waals surface area (Å²) in [5, 5.41) is 3.02. The summed E-state index contributed by atoms with van der Waals surface area (Å²) in [6, 6.07) is 6.94. The highest BCUT2D eigenvalue weighted by Gasteiger charge is 2.17. The number of rotatable bonds is 6. The first-order valence-electron chi connectivity index (χ1n) is 5.67. The Kier molecular flexibility index (Phi) is 5.28. The lowest BCUT2D eigenvalue weighted by atomic mass is 10.3. The maximum absolute atomic E-state index is 12.0. The summed E-state index contributed by atoms with van der Waals surface area (Å²) in [5.74, 6) is 0.169. The number of anilines is 1. The molecule has 1 atom stereocenters. The van der Waals surface area contributed by atoms with Gasteiger partial charge < -0.3 is 5.32 Å². The van der Waals surface area contributed by atoms with E-state index in [0.717, 1.165) is 0 Å². The Morgan fingerprint density at radius 3 is 2.59 bits per heavy atom. The van der Waals surface area contributed by atoms with E-state index in [9.17, 15) is 8.42 Å². The fourth-order valence-corrected chi connectivity index (χ4v) is 3.11. The van der Waals surface area contributed by atoms with E-state index in [4.69, 9.17) is 11.6 Å². The minimum atomic E-state index is -3.19. The number of halogens is 1. The Morgan fingerprint density at radius 1 is 1.35 bits per heavy atom. The van der Waals surface area contributed by atoms with Gasteiger partial charge in [-0.25, -0.2) is 8.42 Å². The third kappa shape index (κ3) is 4.21. The van der Waals surface area contributed by atoms with Gasteiger partial charge in [0.25, 0.3) is 0 Å². The molecule has 1 rings (SSSR count). The highest BCUT2D eigenvalue weighted by atomic mass is 35.5. The van der Waals surface area contributed by atoms with Crippen molar-refractivity contribution >= 4 is 27.1 Å². The number of nitrogens with one attached hydrogen (secondary N) is 1. The standard InChI is InChI=1S/C12H18ClNO2S/c1-3-8-17(15,16)12-7-5-4-6-11(12)14-9-10(2)13/h4-7,10,14H,3,8-9H2,1-2H3. The molecule has 0 radical (unpaired) electrons. The molecular weight excluding hydrogens is 258 g/mol. The summed E-state index contributed by atoms with van der Waals surface area (Å²) in [6.07, 6.45) is 0.614. The molecule has 0 saturated carbocycles. The zero-order valence-corrected chi connectivity index (χ0v) is 11.7. The van der Waals surface area contributed by atoms with Crippen LogP contribution in [-0.4, -0.2) is 26.1 Å². The van der Waals surface area contributed by atoms with Crippen molar-refractivity contribution in [2.24, 2.45) is 0 Å². The van der Waals surface area contributed by atoms with Crippen LogP contribution in [0.2, 0.25) is 0 Å². The molecule has 0 heterocycles. The van der Waals surface area contributed by atoms with Crippen LogP contribution in [0.25, 0.3) is 0 Å². The van der Waals surface area contributed by atoms with Gasteiger partial charge in [0.1, 0.15) is 0 Å². The lowest BCUT2D eigenvalue weighted by Gasteiger charge is -2.12. The quantitative estimate of drug-likeness (QED) is 0.812. The second-order valence-electron chi connectivity index (χ2n) is 3.98. The van der Waals surface area contributed by atoms with Crippen LogP contribution in [0, 0.1) is 0 Å². The zero-order chi connectivity index (χ0) is 12.9. The fourth-order valence-electron chi connectivity index (χ4n) is 1.51. The van der Waals surface area contributed by atoms with Gasteiger partial charge in [-0.15, -0.1) is 11.6 Å². The van der Waals surface area contributed by atoms with E-state index in [-0.39, 0.29) is 11.1 Å². The van der Waals surface area contributed by atoms with Gasteiger partial charge in [-0.3, -0.25) is 0 Å². The first-order valence-corrected chi connectivity index (χ1v) is 7.76. The lowest BCUT2D eigenvalue weighted by molar-refractivity contribution is 0.595. The SMILES string of the molecule is CCCS(=O)(=O)c1ccccc1NCC(C)Cl. The predicted octanol–water partition coefficient (Wildman–Crippen LogP) is 2.91. The van der Waals surface area contributed by atoms with E-state index >= 15 is 0 Å². The Morgan fingerprint density at radius 2 is 2.00 bits per heavy atom. The Balaban J connectivity index is 2.99. The maximum Gasteiger partial charge on any atom is 0.180 e. The molecule has 0 aromatic heterocycles. The van der Waals surface area contributed by atoms with Crippen LogP contribution in [0.3, 0.4) is 0 Å². The van der Waals surface area contributed by atoms with Crippen molar-refractivity contribution < 1.29 is 8.42 Å². The summed E-state index contributed by atoms with van der Waals surface area (Å²) in [5.41, 5.74) is 0.633. The van der Waals surface area contributed by atoms with Crippen LogP contribution < -0.4 is 5.32 Å². The lowest BCUT2D eigenvalue weighted by Crippen LogP contribution is -2.14. The average Bonchev–Trinajstić information content (AvgIpc) is 2.26. The summed E-state index contributed by atoms with van der Waals surface area (Å²) >= 11 is 5.84. The highest BCUT2D eigenvalue weighted by molar-refractivity contribution is 7.91. The van der Waals surface area contributed by atoms with Gasteiger partial charge in [0.15, 0.2) is 9.84 Å². The number of benzene rings is 1. The van der Waals surface area contributed by atoms with E-state index in [1.165, 1.54) is 0 Å². The third-order valence-corrected chi connectivity index (χ3v) is 4.39. The molecule has 0 amide bonds. The molecule has 0 fully saturated rings. The predicted molar refractivity (Wildman–Crippen MR) is 72.6 cm³/mol. The van der Waals surface area contributed by atoms with Gasteiger partial charge >= 0.3 is 0 Å². The average molecular weight is 276 g/mol. The van der Waals surface area contributed by atoms with Crippen LogP contribution in [-0.2, 0) is 9.84 Å². The molecule has 0 aliphatic heterocycles. The molecule has 96 valence electrons. The molecular formula is C12H18ClNO2S. The summed E-state index contributed by atoms with van der Waals surface area (Å²) in [6.45, 7) is 4.26. The van der Waals surface area contributed by atoms with Gasteiger partial charge in [0.05, 0.1) is 16.3 Å². The molecule has 1 unspecified atom stereocenters. The number of hydrogen-bond acceptors (Lipinski definition) is 3. The van der Waals surface area contributed by atoms with Gasteiger partial charge in [0, 0.05) is 11.9 Å². The molecule has 0 spiro atoms. The van der Waals surface area contributed by atoms with Crippen LogP contribution in [0.1, 0.15) is 20.3 Å². The van der Waals surface area contributed by atoms with E-state index in [0.29, 0.717) is 23.5 Å². The minimum absolute atomic E-state index is 0.0445. The third-order valence-electron chi connectivity index (χ3n) is 2.27. The monoisotopic (exact) mass is 275 g/mol. The molecule has 3 nitrogen and oxygen atoms in total. The fraction of sp³-hybridized carbons (Fsp3) is 0.500. The minimum Gasteiger partial charge on any atom is -0.383 e. The number of para-hydroxylation sites is 1. The Bertz CT molecular complexity index is 457. The molecule has 1 N–H and O–H groups in total. The second-order valence-corrected chi connectivity index (χ2v) is 6.80. The maximum atomic E-state index is 12.0. The van der Waals surface area contributed by atoms with Crippen molar-refractivity contribution in [3.8, 4) is 0 Å². The molecule has 0 aliphatic rings. The number of alkyl halides is 1. The highest BCUT2D eigenvalue weighted by Crippen LogP contribution is 2.22. The summed E-state index contributed by atoms with van der Waals surface area (Å²) in [4.78, 5) is 0.360. The van der Waals surface area contributed by atoms with Gasteiger partial charge in [0.2, 0.25) is 0 Å². The van der Waals surface area contributed by atoms with Gasteiger partial charge in [-0.05, 0) is 25.5 Å².